The van der Waals surface area contributed by atoms with Crippen molar-refractivity contribution in [2.75, 3.05) is 26.2 Å². The van der Waals surface area contributed by atoms with Gasteiger partial charge in [0.05, 0.1) is 6.10 Å². The van der Waals surface area contributed by atoms with Crippen LogP contribution in [0.3, 0.4) is 0 Å². The van der Waals surface area contributed by atoms with Crippen LogP contribution in [0.15, 0.2) is 11.4 Å². The van der Waals surface area contributed by atoms with Crippen molar-refractivity contribution in [3.05, 3.63) is 21.9 Å². The minimum atomic E-state index is -0.232. The molecule has 5 heteroatoms. The van der Waals surface area contributed by atoms with Crippen molar-refractivity contribution in [3.8, 4) is 0 Å². The first-order chi connectivity index (χ1) is 10.1. The second-order valence-electron chi connectivity index (χ2n) is 6.27. The van der Waals surface area contributed by atoms with E-state index in [1.807, 2.05) is 11.8 Å². The lowest BCUT2D eigenvalue weighted by molar-refractivity contribution is -0.132. The molecule has 0 saturated carbocycles. The molecule has 1 fully saturated rings. The first-order valence-corrected chi connectivity index (χ1v) is 8.75. The highest BCUT2D eigenvalue weighted by atomic mass is 32.1. The van der Waals surface area contributed by atoms with Gasteiger partial charge < -0.3 is 14.9 Å². The maximum Gasteiger partial charge on any atom is 0.224 e. The van der Waals surface area contributed by atoms with Gasteiger partial charge in [0.2, 0.25) is 5.91 Å². The van der Waals surface area contributed by atoms with Crippen LogP contribution in [0.25, 0.3) is 0 Å². The predicted molar refractivity (Wildman–Crippen MR) is 84.3 cm³/mol. The molecule has 4 nitrogen and oxygen atoms in total. The average Bonchev–Trinajstić information content (AvgIpc) is 3.12. The van der Waals surface area contributed by atoms with E-state index in [4.69, 9.17) is 0 Å². The summed E-state index contributed by atoms with van der Waals surface area (Å²) in [6.45, 7) is 6.29. The fraction of sp³-hybridized carbons (Fsp3) is 0.688. The van der Waals surface area contributed by atoms with E-state index in [1.165, 1.54) is 10.4 Å². The van der Waals surface area contributed by atoms with Gasteiger partial charge in [-0.1, -0.05) is 0 Å². The topological polar surface area (TPSA) is 43.8 Å². The van der Waals surface area contributed by atoms with E-state index in [1.54, 1.807) is 11.3 Å². The summed E-state index contributed by atoms with van der Waals surface area (Å²) < 4.78 is 0. The Bertz CT molecular complexity index is 500. The van der Waals surface area contributed by atoms with Crippen LogP contribution in [0.4, 0.5) is 0 Å². The Labute approximate surface area is 130 Å². The zero-order valence-electron chi connectivity index (χ0n) is 12.6. The number of carbonyl (C=O) groups is 1. The summed E-state index contributed by atoms with van der Waals surface area (Å²) in [6.07, 6.45) is 2.43. The number of aliphatic hydroxyl groups is 1. The van der Waals surface area contributed by atoms with E-state index >= 15 is 0 Å². The van der Waals surface area contributed by atoms with Crippen LogP contribution in [0.1, 0.15) is 30.2 Å². The van der Waals surface area contributed by atoms with Gasteiger partial charge in [-0.25, -0.2) is 0 Å². The number of thiophene rings is 1. The molecular weight excluding hydrogens is 284 g/mol. The summed E-state index contributed by atoms with van der Waals surface area (Å²) in [6, 6.07) is 2.15. The Hall–Kier alpha value is -0.910. The van der Waals surface area contributed by atoms with Crippen molar-refractivity contribution in [1.29, 1.82) is 0 Å². The first-order valence-electron chi connectivity index (χ1n) is 7.87. The van der Waals surface area contributed by atoms with Gasteiger partial charge in [0.1, 0.15) is 0 Å². The normalized spacial score (nSPS) is 24.1. The van der Waals surface area contributed by atoms with E-state index in [0.717, 1.165) is 45.6 Å². The van der Waals surface area contributed by atoms with Gasteiger partial charge in [-0.15, -0.1) is 11.3 Å². The highest BCUT2D eigenvalue weighted by molar-refractivity contribution is 7.10. The lowest BCUT2D eigenvalue weighted by Gasteiger charge is -2.28. The number of fused-ring (bicyclic) bond motifs is 1. The van der Waals surface area contributed by atoms with Gasteiger partial charge in [0.25, 0.3) is 0 Å². The Balaban J connectivity index is 1.45. The molecule has 3 rings (SSSR count). The number of hydrogen-bond donors (Lipinski definition) is 1. The number of hydrogen-bond acceptors (Lipinski definition) is 4. The standard InChI is InChI=1S/C16H24N2O2S/c1-12(19)13-2-6-17(10-13)7-4-16(20)18-8-3-15-14(11-18)5-9-21-15/h5,9,12-13,19H,2-4,6-8,10-11H2,1H3. The van der Waals surface area contributed by atoms with Gasteiger partial charge in [0, 0.05) is 37.5 Å². The van der Waals surface area contributed by atoms with Crippen LogP contribution < -0.4 is 0 Å². The van der Waals surface area contributed by atoms with Gasteiger partial charge in [0.15, 0.2) is 0 Å². The van der Waals surface area contributed by atoms with E-state index in [0.29, 0.717) is 12.3 Å². The number of amides is 1. The Morgan fingerprint density at radius 1 is 1.52 bits per heavy atom. The molecule has 1 amide bonds. The lowest BCUT2D eigenvalue weighted by atomic mass is 10.0. The summed E-state index contributed by atoms with van der Waals surface area (Å²) in [7, 11) is 0. The van der Waals surface area contributed by atoms with E-state index < -0.39 is 0 Å². The summed E-state index contributed by atoms with van der Waals surface area (Å²) in [5.74, 6) is 0.649. The second kappa shape index (κ2) is 6.46. The smallest absolute Gasteiger partial charge is 0.224 e. The molecule has 0 spiro atoms. The van der Waals surface area contributed by atoms with Gasteiger partial charge >= 0.3 is 0 Å². The quantitative estimate of drug-likeness (QED) is 0.921. The molecule has 21 heavy (non-hydrogen) atoms. The van der Waals surface area contributed by atoms with Crippen molar-refractivity contribution in [2.45, 2.75) is 38.8 Å². The summed E-state index contributed by atoms with van der Waals surface area (Å²) >= 11 is 1.81. The minimum Gasteiger partial charge on any atom is -0.393 e. The molecule has 0 aliphatic carbocycles. The molecule has 1 saturated heterocycles. The molecule has 0 bridgehead atoms. The Kier molecular flexibility index (Phi) is 4.62. The van der Waals surface area contributed by atoms with Crippen molar-refractivity contribution in [1.82, 2.24) is 9.80 Å². The number of rotatable bonds is 4. The number of aliphatic hydroxyl groups excluding tert-OH is 1. The third-order valence-corrected chi connectivity index (χ3v) is 5.82. The highest BCUT2D eigenvalue weighted by Crippen LogP contribution is 2.25. The zero-order chi connectivity index (χ0) is 14.8. The largest absolute Gasteiger partial charge is 0.393 e. The number of nitrogens with zero attached hydrogens (tertiary/aromatic N) is 2. The van der Waals surface area contributed by atoms with Crippen LogP contribution in [0, 0.1) is 5.92 Å². The molecule has 0 radical (unpaired) electrons. The number of carbonyl (C=O) groups excluding carboxylic acids is 1. The van der Waals surface area contributed by atoms with Crippen molar-refractivity contribution in [3.63, 3.8) is 0 Å². The molecule has 2 aliphatic heterocycles. The van der Waals surface area contributed by atoms with E-state index in [2.05, 4.69) is 16.3 Å². The highest BCUT2D eigenvalue weighted by Gasteiger charge is 2.27. The summed E-state index contributed by atoms with van der Waals surface area (Å²) in [5, 5.41) is 11.7. The first kappa shape index (κ1) is 15.0. The molecule has 1 N–H and O–H groups in total. The Morgan fingerprint density at radius 3 is 3.14 bits per heavy atom. The SMILES string of the molecule is CC(O)C1CCN(CCC(=O)N2CCc3sccc3C2)C1. The molecule has 1 aromatic rings. The van der Waals surface area contributed by atoms with Crippen LogP contribution in [-0.2, 0) is 17.8 Å². The molecular formula is C16H24N2O2S. The van der Waals surface area contributed by atoms with Crippen LogP contribution >= 0.6 is 11.3 Å². The van der Waals surface area contributed by atoms with E-state index in [-0.39, 0.29) is 12.0 Å². The third-order valence-electron chi connectivity index (χ3n) is 4.79. The maximum atomic E-state index is 12.4. The molecule has 2 unspecified atom stereocenters. The zero-order valence-corrected chi connectivity index (χ0v) is 13.4. The predicted octanol–water partition coefficient (Wildman–Crippen LogP) is 1.73. The molecule has 2 aliphatic rings. The fourth-order valence-corrected chi connectivity index (χ4v) is 4.22. The summed E-state index contributed by atoms with van der Waals surface area (Å²) in [4.78, 5) is 18.1. The molecule has 2 atom stereocenters. The maximum absolute atomic E-state index is 12.4. The van der Waals surface area contributed by atoms with Gasteiger partial charge in [-0.2, -0.15) is 0 Å². The van der Waals surface area contributed by atoms with Crippen molar-refractivity contribution < 1.29 is 9.90 Å². The molecule has 0 aromatic carbocycles. The van der Waals surface area contributed by atoms with Crippen LogP contribution in [0.2, 0.25) is 0 Å². The molecule has 1 aromatic heterocycles. The number of likely N-dealkylation sites (tertiary alicyclic amines) is 1. The van der Waals surface area contributed by atoms with Gasteiger partial charge in [-0.05, 0) is 49.2 Å². The minimum absolute atomic E-state index is 0.232. The third kappa shape index (κ3) is 3.47. The molecule has 116 valence electrons. The fourth-order valence-electron chi connectivity index (χ4n) is 3.33. The van der Waals surface area contributed by atoms with Crippen LogP contribution in [-0.4, -0.2) is 53.1 Å². The molecule has 3 heterocycles. The van der Waals surface area contributed by atoms with E-state index in [9.17, 15) is 9.90 Å². The van der Waals surface area contributed by atoms with Crippen LogP contribution in [0.5, 0.6) is 0 Å². The second-order valence-corrected chi connectivity index (χ2v) is 7.27. The monoisotopic (exact) mass is 308 g/mol. The summed E-state index contributed by atoms with van der Waals surface area (Å²) in [5.41, 5.74) is 1.33. The average molecular weight is 308 g/mol. The van der Waals surface area contributed by atoms with Crippen molar-refractivity contribution in [2.24, 2.45) is 5.92 Å². The lowest BCUT2D eigenvalue weighted by Crippen LogP contribution is -2.37. The van der Waals surface area contributed by atoms with Crippen molar-refractivity contribution >= 4 is 17.2 Å². The Morgan fingerprint density at radius 2 is 2.38 bits per heavy atom. The van der Waals surface area contributed by atoms with Gasteiger partial charge in [-0.3, -0.25) is 4.79 Å².